The highest BCUT2D eigenvalue weighted by molar-refractivity contribution is 5.71. The molecule has 346 valence electrons. The van der Waals surface area contributed by atoms with Gasteiger partial charge in [-0.1, -0.05) is 204 Å². The lowest BCUT2D eigenvalue weighted by Gasteiger charge is -2.18. The molecule has 0 saturated heterocycles. The van der Waals surface area contributed by atoms with Crippen LogP contribution in [-0.4, -0.2) is 37.2 Å². The predicted molar refractivity (Wildman–Crippen MR) is 256 cm³/mol. The summed E-state index contributed by atoms with van der Waals surface area (Å²) in [5, 5.41) is 0. The van der Waals surface area contributed by atoms with Crippen molar-refractivity contribution in [1.29, 1.82) is 0 Å². The second-order valence-corrected chi connectivity index (χ2v) is 16.7. The molecule has 0 radical (unpaired) electrons. The number of rotatable bonds is 45. The Morgan fingerprint density at radius 1 is 0.350 bits per heavy atom. The highest BCUT2D eigenvalue weighted by atomic mass is 16.6. The van der Waals surface area contributed by atoms with E-state index in [0.717, 1.165) is 122 Å². The molecule has 0 fully saturated rings. The molecule has 6 heteroatoms. The van der Waals surface area contributed by atoms with Crippen molar-refractivity contribution in [2.45, 2.75) is 252 Å². The van der Waals surface area contributed by atoms with Crippen LogP contribution in [0.4, 0.5) is 0 Å². The zero-order valence-corrected chi connectivity index (χ0v) is 39.5. The van der Waals surface area contributed by atoms with Gasteiger partial charge < -0.3 is 14.2 Å². The molecule has 0 spiro atoms. The lowest BCUT2D eigenvalue weighted by atomic mass is 10.0. The van der Waals surface area contributed by atoms with Crippen molar-refractivity contribution in [3.8, 4) is 0 Å². The lowest BCUT2D eigenvalue weighted by Crippen LogP contribution is -2.30. The summed E-state index contributed by atoms with van der Waals surface area (Å²) in [4.78, 5) is 37.9. The summed E-state index contributed by atoms with van der Waals surface area (Å²) >= 11 is 0. The molecule has 0 amide bonds. The summed E-state index contributed by atoms with van der Waals surface area (Å²) in [6, 6.07) is 0. The molecule has 0 aromatic rings. The number of hydrogen-bond acceptors (Lipinski definition) is 6. The van der Waals surface area contributed by atoms with Crippen molar-refractivity contribution >= 4 is 17.9 Å². The van der Waals surface area contributed by atoms with Gasteiger partial charge in [0.05, 0.1) is 0 Å². The number of hydrogen-bond donors (Lipinski definition) is 0. The van der Waals surface area contributed by atoms with Crippen LogP contribution in [0.2, 0.25) is 0 Å². The maximum absolute atomic E-state index is 12.8. The Hall–Kier alpha value is -2.89. The Kier molecular flexibility index (Phi) is 46.4. The molecule has 60 heavy (non-hydrogen) atoms. The van der Waals surface area contributed by atoms with E-state index >= 15 is 0 Å². The van der Waals surface area contributed by atoms with E-state index < -0.39 is 6.10 Å². The molecule has 0 aliphatic carbocycles. The van der Waals surface area contributed by atoms with E-state index in [-0.39, 0.29) is 31.1 Å². The minimum Gasteiger partial charge on any atom is -0.462 e. The smallest absolute Gasteiger partial charge is 0.306 e. The molecule has 6 nitrogen and oxygen atoms in total. The Bertz CT molecular complexity index is 1100. The maximum Gasteiger partial charge on any atom is 0.306 e. The molecule has 0 aromatic carbocycles. The Morgan fingerprint density at radius 3 is 1.05 bits per heavy atom. The number of ether oxygens (including phenoxy) is 3. The third kappa shape index (κ3) is 46.2. The van der Waals surface area contributed by atoms with Gasteiger partial charge in [0.1, 0.15) is 13.2 Å². The van der Waals surface area contributed by atoms with Crippen LogP contribution in [0.5, 0.6) is 0 Å². The van der Waals surface area contributed by atoms with Crippen molar-refractivity contribution in [3.63, 3.8) is 0 Å². The van der Waals surface area contributed by atoms with E-state index in [1.807, 2.05) is 0 Å². The van der Waals surface area contributed by atoms with Crippen molar-refractivity contribution in [2.75, 3.05) is 13.2 Å². The Balaban J connectivity index is 4.42. The molecular weight excluding hydrogens is 745 g/mol. The van der Waals surface area contributed by atoms with Gasteiger partial charge in [-0.05, 0) is 83.5 Å². The first-order valence-corrected chi connectivity index (χ1v) is 25.3. The highest BCUT2D eigenvalue weighted by Crippen LogP contribution is 2.14. The molecule has 1 atom stereocenters. The van der Waals surface area contributed by atoms with Gasteiger partial charge in [-0.2, -0.15) is 0 Å². The Labute approximate surface area is 370 Å². The predicted octanol–water partition coefficient (Wildman–Crippen LogP) is 16.5. The van der Waals surface area contributed by atoms with Gasteiger partial charge >= 0.3 is 17.9 Å². The van der Waals surface area contributed by atoms with Crippen LogP contribution in [0, 0.1) is 0 Å². The molecule has 0 aliphatic rings. The van der Waals surface area contributed by atoms with Crippen LogP contribution in [0.25, 0.3) is 0 Å². The van der Waals surface area contributed by atoms with Crippen molar-refractivity contribution in [1.82, 2.24) is 0 Å². The second-order valence-electron chi connectivity index (χ2n) is 16.7. The van der Waals surface area contributed by atoms with Gasteiger partial charge in [-0.25, -0.2) is 0 Å². The molecule has 0 bridgehead atoms. The molecular formula is C54H94O6. The minimum absolute atomic E-state index is 0.0840. The third-order valence-corrected chi connectivity index (χ3v) is 10.8. The van der Waals surface area contributed by atoms with Gasteiger partial charge in [-0.15, -0.1) is 0 Å². The first-order chi connectivity index (χ1) is 29.5. The quantitative estimate of drug-likeness (QED) is 0.0263. The van der Waals surface area contributed by atoms with E-state index in [9.17, 15) is 14.4 Å². The number of unbranched alkanes of at least 4 members (excludes halogenated alkanes) is 24. The standard InChI is InChI=1S/C54H94O6/c1-4-7-10-13-16-19-22-25-27-29-32-35-38-41-44-47-53(56)59-50-51(49-58-52(55)46-43-40-37-34-31-24-21-18-15-12-9-6-3)60-54(57)48-45-42-39-36-33-30-28-26-23-20-17-14-11-8-5-2/h7,10,16-17,19-20,25-28,51H,4-6,8-9,11-15,18,21-24,29-50H2,1-3H3/b10-7-,19-16-,20-17-,27-25-,28-26-. The molecule has 0 heterocycles. The van der Waals surface area contributed by atoms with Gasteiger partial charge in [0, 0.05) is 19.3 Å². The fraction of sp³-hybridized carbons (Fsp3) is 0.759. The zero-order valence-electron chi connectivity index (χ0n) is 39.5. The molecule has 0 aliphatic heterocycles. The summed E-state index contributed by atoms with van der Waals surface area (Å²) in [5.74, 6) is -0.912. The third-order valence-electron chi connectivity index (χ3n) is 10.8. The maximum atomic E-state index is 12.8. The summed E-state index contributed by atoms with van der Waals surface area (Å²) in [6.07, 6.45) is 59.1. The second kappa shape index (κ2) is 48.8. The first-order valence-electron chi connectivity index (χ1n) is 25.3. The van der Waals surface area contributed by atoms with E-state index in [4.69, 9.17) is 14.2 Å². The zero-order chi connectivity index (χ0) is 43.7. The van der Waals surface area contributed by atoms with Crippen molar-refractivity contribution < 1.29 is 28.6 Å². The summed E-state index contributed by atoms with van der Waals surface area (Å²) in [5.41, 5.74) is 0. The largest absolute Gasteiger partial charge is 0.462 e. The summed E-state index contributed by atoms with van der Waals surface area (Å²) in [6.45, 7) is 6.47. The first kappa shape index (κ1) is 57.1. The van der Waals surface area contributed by atoms with E-state index in [2.05, 4.69) is 81.5 Å². The lowest BCUT2D eigenvalue weighted by molar-refractivity contribution is -0.167. The van der Waals surface area contributed by atoms with E-state index in [0.29, 0.717) is 19.3 Å². The SMILES string of the molecule is CC/C=C\C/C=C\C/C=C\CCCCCCCC(=O)OCC(COC(=O)CCCCCCCCCCCCCC)OC(=O)CCCCCCC/C=C\C/C=C\CCCCC. The van der Waals surface area contributed by atoms with Gasteiger partial charge in [0.2, 0.25) is 0 Å². The number of esters is 3. The van der Waals surface area contributed by atoms with Gasteiger partial charge in [-0.3, -0.25) is 14.4 Å². The van der Waals surface area contributed by atoms with Gasteiger partial charge in [0.15, 0.2) is 6.10 Å². The van der Waals surface area contributed by atoms with Crippen molar-refractivity contribution in [3.05, 3.63) is 60.8 Å². The topological polar surface area (TPSA) is 78.9 Å². The van der Waals surface area contributed by atoms with E-state index in [1.165, 1.54) is 83.5 Å². The summed E-state index contributed by atoms with van der Waals surface area (Å²) in [7, 11) is 0. The van der Waals surface area contributed by atoms with Crippen LogP contribution in [0.1, 0.15) is 245 Å². The molecule has 0 N–H and O–H groups in total. The normalized spacial score (nSPS) is 12.5. The van der Waals surface area contributed by atoms with Gasteiger partial charge in [0.25, 0.3) is 0 Å². The van der Waals surface area contributed by atoms with E-state index in [1.54, 1.807) is 0 Å². The minimum atomic E-state index is -0.785. The average Bonchev–Trinajstić information content (AvgIpc) is 3.24. The van der Waals surface area contributed by atoms with Crippen LogP contribution >= 0.6 is 0 Å². The van der Waals surface area contributed by atoms with Crippen LogP contribution in [0.3, 0.4) is 0 Å². The average molecular weight is 839 g/mol. The molecule has 0 rings (SSSR count). The molecule has 1 unspecified atom stereocenters. The molecule has 0 aromatic heterocycles. The Morgan fingerprint density at radius 2 is 0.650 bits per heavy atom. The number of allylic oxidation sites excluding steroid dienone is 10. The highest BCUT2D eigenvalue weighted by Gasteiger charge is 2.19. The fourth-order valence-corrected chi connectivity index (χ4v) is 6.96. The van der Waals surface area contributed by atoms with Crippen molar-refractivity contribution in [2.24, 2.45) is 0 Å². The number of carbonyl (C=O) groups excluding carboxylic acids is 3. The monoisotopic (exact) mass is 839 g/mol. The van der Waals surface area contributed by atoms with Crippen LogP contribution < -0.4 is 0 Å². The summed E-state index contributed by atoms with van der Waals surface area (Å²) < 4.78 is 16.8. The fourth-order valence-electron chi connectivity index (χ4n) is 6.96. The van der Waals surface area contributed by atoms with Crippen LogP contribution in [-0.2, 0) is 28.6 Å². The number of carbonyl (C=O) groups is 3. The van der Waals surface area contributed by atoms with Crippen LogP contribution in [0.15, 0.2) is 60.8 Å². The molecule has 0 saturated carbocycles.